The highest BCUT2D eigenvalue weighted by Gasteiger charge is 2.24. The molecule has 2 aliphatic rings. The maximum Gasteiger partial charge on any atom is 0.287 e. The maximum atomic E-state index is 12.6. The van der Waals surface area contributed by atoms with Crippen LogP contribution in [0.2, 0.25) is 0 Å². The molecule has 0 spiro atoms. The highest BCUT2D eigenvalue weighted by molar-refractivity contribution is 6.05. The second-order valence-electron chi connectivity index (χ2n) is 7.36. The van der Waals surface area contributed by atoms with E-state index in [2.05, 4.69) is 10.6 Å². The van der Waals surface area contributed by atoms with Gasteiger partial charge in [0.1, 0.15) is 0 Å². The van der Waals surface area contributed by atoms with Gasteiger partial charge in [0.25, 0.3) is 5.91 Å². The fourth-order valence-electron chi connectivity index (χ4n) is 3.63. The van der Waals surface area contributed by atoms with Crippen LogP contribution in [0, 0.1) is 0 Å². The Labute approximate surface area is 173 Å². The minimum atomic E-state index is -0.226. The SMILES string of the molecule is CC(=O)c1cc2c(cc1NC(=O)CN1CCC(NC(=O)c3ccco3)CC1)OCO2. The number of nitrogens with one attached hydrogen (secondary N) is 2. The van der Waals surface area contributed by atoms with Crippen LogP contribution in [0.4, 0.5) is 5.69 Å². The lowest BCUT2D eigenvalue weighted by Crippen LogP contribution is -2.46. The standard InChI is InChI=1S/C21H23N3O6/c1-13(25)15-9-18-19(30-12-29-18)10-16(15)23-20(26)11-24-6-4-14(5-7-24)22-21(27)17-3-2-8-28-17/h2-3,8-10,14H,4-7,11-12H2,1H3,(H,22,27)(H,23,26). The quantitative estimate of drug-likeness (QED) is 0.698. The van der Waals surface area contributed by atoms with Crippen LogP contribution in [0.3, 0.4) is 0 Å². The Kier molecular flexibility index (Phi) is 5.71. The van der Waals surface area contributed by atoms with E-state index in [1.807, 2.05) is 4.90 Å². The van der Waals surface area contributed by atoms with Crippen molar-refractivity contribution >= 4 is 23.3 Å². The highest BCUT2D eigenvalue weighted by Crippen LogP contribution is 2.37. The summed E-state index contributed by atoms with van der Waals surface area (Å²) in [5.74, 6) is 0.684. The van der Waals surface area contributed by atoms with Gasteiger partial charge >= 0.3 is 0 Å². The molecule has 0 saturated carbocycles. The van der Waals surface area contributed by atoms with Crippen LogP contribution in [0.5, 0.6) is 11.5 Å². The number of Topliss-reactive ketones (excluding diaryl/α,β-unsaturated/α-hetero) is 1. The van der Waals surface area contributed by atoms with Crippen LogP contribution >= 0.6 is 0 Å². The number of fused-ring (bicyclic) bond motifs is 1. The Morgan fingerprint density at radius 2 is 1.87 bits per heavy atom. The van der Waals surface area contributed by atoms with Gasteiger partial charge in [-0.1, -0.05) is 0 Å². The van der Waals surface area contributed by atoms with E-state index < -0.39 is 0 Å². The third-order valence-corrected chi connectivity index (χ3v) is 5.20. The molecular formula is C21H23N3O6. The molecule has 0 atom stereocenters. The number of piperidine rings is 1. The average Bonchev–Trinajstić information content (AvgIpc) is 3.40. The monoisotopic (exact) mass is 413 g/mol. The number of carbonyl (C=O) groups is 3. The molecule has 2 N–H and O–H groups in total. The molecule has 9 nitrogen and oxygen atoms in total. The summed E-state index contributed by atoms with van der Waals surface area (Å²) in [5.41, 5.74) is 0.796. The van der Waals surface area contributed by atoms with Crippen molar-refractivity contribution in [3.63, 3.8) is 0 Å². The molecule has 0 radical (unpaired) electrons. The molecule has 1 aromatic heterocycles. The first-order chi connectivity index (χ1) is 14.5. The lowest BCUT2D eigenvalue weighted by Gasteiger charge is -2.31. The first-order valence-corrected chi connectivity index (χ1v) is 9.81. The number of ether oxygens (including phenoxy) is 2. The Morgan fingerprint density at radius 1 is 1.13 bits per heavy atom. The van der Waals surface area contributed by atoms with Gasteiger partial charge < -0.3 is 24.5 Å². The molecule has 3 heterocycles. The first-order valence-electron chi connectivity index (χ1n) is 9.81. The summed E-state index contributed by atoms with van der Waals surface area (Å²) in [6.45, 7) is 3.09. The number of rotatable bonds is 6. The predicted octanol–water partition coefficient (Wildman–Crippen LogP) is 2.04. The topological polar surface area (TPSA) is 110 Å². The molecular weight excluding hydrogens is 390 g/mol. The minimum Gasteiger partial charge on any atom is -0.459 e. The summed E-state index contributed by atoms with van der Waals surface area (Å²) < 4.78 is 15.7. The van der Waals surface area contributed by atoms with Crippen molar-refractivity contribution in [3.05, 3.63) is 41.9 Å². The number of likely N-dealkylation sites (tertiary alicyclic amines) is 1. The number of benzene rings is 1. The molecule has 1 fully saturated rings. The van der Waals surface area contributed by atoms with Gasteiger partial charge in [-0.25, -0.2) is 0 Å². The Bertz CT molecular complexity index is 948. The molecule has 9 heteroatoms. The molecule has 1 aromatic carbocycles. The van der Waals surface area contributed by atoms with E-state index >= 15 is 0 Å². The zero-order valence-corrected chi connectivity index (χ0v) is 16.6. The fourth-order valence-corrected chi connectivity index (χ4v) is 3.63. The summed E-state index contributed by atoms with van der Waals surface area (Å²) in [6, 6.07) is 6.55. The average molecular weight is 413 g/mol. The van der Waals surface area contributed by atoms with Gasteiger partial charge in [0.15, 0.2) is 23.0 Å². The van der Waals surface area contributed by atoms with E-state index in [4.69, 9.17) is 13.9 Å². The summed E-state index contributed by atoms with van der Waals surface area (Å²) in [7, 11) is 0. The van der Waals surface area contributed by atoms with Crippen molar-refractivity contribution < 1.29 is 28.3 Å². The van der Waals surface area contributed by atoms with Crippen LogP contribution in [0.1, 0.15) is 40.7 Å². The van der Waals surface area contributed by atoms with E-state index in [0.29, 0.717) is 41.6 Å². The van der Waals surface area contributed by atoms with Crippen molar-refractivity contribution in [1.29, 1.82) is 0 Å². The smallest absolute Gasteiger partial charge is 0.287 e. The van der Waals surface area contributed by atoms with Crippen molar-refractivity contribution in [2.45, 2.75) is 25.8 Å². The van der Waals surface area contributed by atoms with Gasteiger partial charge in [0.05, 0.1) is 18.5 Å². The Balaban J connectivity index is 1.29. The number of amides is 2. The molecule has 2 aromatic rings. The zero-order chi connectivity index (χ0) is 21.1. The van der Waals surface area contributed by atoms with Crippen molar-refractivity contribution in [2.24, 2.45) is 0 Å². The van der Waals surface area contributed by atoms with Crippen molar-refractivity contribution in [1.82, 2.24) is 10.2 Å². The summed E-state index contributed by atoms with van der Waals surface area (Å²) >= 11 is 0. The first kappa shape index (κ1) is 20.0. The second-order valence-corrected chi connectivity index (χ2v) is 7.36. The number of anilines is 1. The third kappa shape index (κ3) is 4.46. The van der Waals surface area contributed by atoms with Gasteiger partial charge in [0, 0.05) is 30.8 Å². The summed E-state index contributed by atoms with van der Waals surface area (Å²) in [6.07, 6.45) is 2.94. The molecule has 2 aliphatic heterocycles. The number of furan rings is 1. The van der Waals surface area contributed by atoms with Crippen LogP contribution < -0.4 is 20.1 Å². The number of carbonyl (C=O) groups excluding carboxylic acids is 3. The van der Waals surface area contributed by atoms with Crippen LogP contribution in [-0.2, 0) is 4.79 Å². The molecule has 0 aliphatic carbocycles. The molecule has 30 heavy (non-hydrogen) atoms. The molecule has 158 valence electrons. The van der Waals surface area contributed by atoms with E-state index in [1.165, 1.54) is 13.2 Å². The van der Waals surface area contributed by atoms with Crippen molar-refractivity contribution in [2.75, 3.05) is 31.7 Å². The number of nitrogens with zero attached hydrogens (tertiary/aromatic N) is 1. The molecule has 0 unspecified atom stereocenters. The van der Waals surface area contributed by atoms with Gasteiger partial charge in [-0.05, 0) is 38.0 Å². The predicted molar refractivity (Wildman–Crippen MR) is 107 cm³/mol. The van der Waals surface area contributed by atoms with Crippen molar-refractivity contribution in [3.8, 4) is 11.5 Å². The molecule has 0 bridgehead atoms. The lowest BCUT2D eigenvalue weighted by atomic mass is 10.0. The number of hydrogen-bond acceptors (Lipinski definition) is 7. The number of ketones is 1. The summed E-state index contributed by atoms with van der Waals surface area (Å²) in [4.78, 5) is 38.6. The second kappa shape index (κ2) is 8.58. The third-order valence-electron chi connectivity index (χ3n) is 5.20. The van der Waals surface area contributed by atoms with E-state index in [-0.39, 0.29) is 37.0 Å². The normalized spacial score (nSPS) is 16.3. The molecule has 1 saturated heterocycles. The Morgan fingerprint density at radius 3 is 2.53 bits per heavy atom. The van der Waals surface area contributed by atoms with Gasteiger partial charge in [-0.3, -0.25) is 19.3 Å². The Hall–Kier alpha value is -3.33. The zero-order valence-electron chi connectivity index (χ0n) is 16.6. The molecule has 2 amide bonds. The van der Waals surface area contributed by atoms with E-state index in [0.717, 1.165) is 12.8 Å². The van der Waals surface area contributed by atoms with Crippen LogP contribution in [0.15, 0.2) is 34.9 Å². The maximum absolute atomic E-state index is 12.6. The van der Waals surface area contributed by atoms with E-state index in [1.54, 1.807) is 24.3 Å². The van der Waals surface area contributed by atoms with Crippen LogP contribution in [-0.4, -0.2) is 55.0 Å². The molecule has 4 rings (SSSR count). The van der Waals surface area contributed by atoms with Gasteiger partial charge in [-0.2, -0.15) is 0 Å². The fraction of sp³-hybridized carbons (Fsp3) is 0.381. The van der Waals surface area contributed by atoms with Crippen LogP contribution in [0.25, 0.3) is 0 Å². The highest BCUT2D eigenvalue weighted by atomic mass is 16.7. The van der Waals surface area contributed by atoms with Gasteiger partial charge in [-0.15, -0.1) is 0 Å². The lowest BCUT2D eigenvalue weighted by molar-refractivity contribution is -0.117. The largest absolute Gasteiger partial charge is 0.459 e. The minimum absolute atomic E-state index is 0.0417. The van der Waals surface area contributed by atoms with E-state index in [9.17, 15) is 14.4 Å². The van der Waals surface area contributed by atoms with Gasteiger partial charge in [0.2, 0.25) is 12.7 Å². The summed E-state index contributed by atoms with van der Waals surface area (Å²) in [5, 5.41) is 5.77. The number of hydrogen-bond donors (Lipinski definition) is 2.